The van der Waals surface area contributed by atoms with E-state index in [9.17, 15) is 0 Å². The minimum absolute atomic E-state index is 0.477. The Morgan fingerprint density at radius 3 is 2.92 bits per heavy atom. The third kappa shape index (κ3) is 3.23. The highest BCUT2D eigenvalue weighted by atomic mass is 35.5. The van der Waals surface area contributed by atoms with Gasteiger partial charge in [0.25, 0.3) is 0 Å². The predicted molar refractivity (Wildman–Crippen MR) is 102 cm³/mol. The SMILES string of the molecule is COc1ccc2c(c1)OCc1sc(N=Cc3ccc(Cl)cc3Cl)nc1-2. The van der Waals surface area contributed by atoms with E-state index >= 15 is 0 Å². The molecular weight excluding hydrogens is 379 g/mol. The molecule has 0 spiro atoms. The molecule has 4 rings (SSSR count). The zero-order valence-electron chi connectivity index (χ0n) is 13.1. The van der Waals surface area contributed by atoms with E-state index in [-0.39, 0.29) is 0 Å². The maximum Gasteiger partial charge on any atom is 0.210 e. The van der Waals surface area contributed by atoms with Gasteiger partial charge in [0.2, 0.25) is 5.13 Å². The fraction of sp³-hybridized carbons (Fsp3) is 0.111. The Morgan fingerprint density at radius 1 is 1.24 bits per heavy atom. The van der Waals surface area contributed by atoms with E-state index in [1.165, 1.54) is 11.3 Å². The number of rotatable bonds is 3. The van der Waals surface area contributed by atoms with Gasteiger partial charge in [0.1, 0.15) is 18.1 Å². The second-order valence-corrected chi connectivity index (χ2v) is 7.25. The number of hydrogen-bond donors (Lipinski definition) is 0. The molecule has 0 unspecified atom stereocenters. The molecule has 3 aromatic rings. The number of nitrogens with zero attached hydrogens (tertiary/aromatic N) is 2. The molecule has 0 amide bonds. The molecular formula is C18H12Cl2N2O2S. The largest absolute Gasteiger partial charge is 0.497 e. The van der Waals surface area contributed by atoms with Gasteiger partial charge < -0.3 is 9.47 Å². The molecule has 0 saturated carbocycles. The van der Waals surface area contributed by atoms with Crippen molar-refractivity contribution in [1.29, 1.82) is 0 Å². The Kier molecular flexibility index (Phi) is 4.37. The summed E-state index contributed by atoms with van der Waals surface area (Å²) in [6, 6.07) is 11.0. The van der Waals surface area contributed by atoms with E-state index in [0.717, 1.165) is 33.2 Å². The molecule has 0 fully saturated rings. The van der Waals surface area contributed by atoms with E-state index in [1.54, 1.807) is 25.5 Å². The summed E-state index contributed by atoms with van der Waals surface area (Å²) in [5, 5.41) is 1.80. The highest BCUT2D eigenvalue weighted by Gasteiger charge is 2.22. The van der Waals surface area contributed by atoms with Crippen LogP contribution in [0.2, 0.25) is 10.0 Å². The topological polar surface area (TPSA) is 43.7 Å². The molecule has 7 heteroatoms. The van der Waals surface area contributed by atoms with Crippen molar-refractivity contribution < 1.29 is 9.47 Å². The molecule has 0 N–H and O–H groups in total. The number of aromatic nitrogens is 1. The summed E-state index contributed by atoms with van der Waals surface area (Å²) in [7, 11) is 1.63. The summed E-state index contributed by atoms with van der Waals surface area (Å²) in [4.78, 5) is 10.1. The summed E-state index contributed by atoms with van der Waals surface area (Å²) < 4.78 is 11.0. The maximum absolute atomic E-state index is 6.17. The first-order valence-electron chi connectivity index (χ1n) is 7.44. The Morgan fingerprint density at radius 2 is 2.12 bits per heavy atom. The molecule has 0 bridgehead atoms. The maximum atomic E-state index is 6.17. The zero-order chi connectivity index (χ0) is 17.4. The Labute approximate surface area is 158 Å². The molecule has 2 aromatic carbocycles. The number of halogens is 2. The number of benzene rings is 2. The van der Waals surface area contributed by atoms with E-state index in [4.69, 9.17) is 32.7 Å². The normalized spacial score (nSPS) is 12.6. The van der Waals surface area contributed by atoms with Gasteiger partial charge in [0.15, 0.2) is 0 Å². The van der Waals surface area contributed by atoms with Crippen LogP contribution in [0.1, 0.15) is 10.4 Å². The van der Waals surface area contributed by atoms with Crippen LogP contribution in [0.25, 0.3) is 11.3 Å². The summed E-state index contributed by atoms with van der Waals surface area (Å²) >= 11 is 13.6. The number of aliphatic imine (C=N–C) groups is 1. The van der Waals surface area contributed by atoms with Crippen molar-refractivity contribution in [2.24, 2.45) is 4.99 Å². The van der Waals surface area contributed by atoms with Crippen molar-refractivity contribution in [3.05, 3.63) is 56.9 Å². The van der Waals surface area contributed by atoms with Crippen LogP contribution in [0.3, 0.4) is 0 Å². The van der Waals surface area contributed by atoms with Crippen LogP contribution in [-0.4, -0.2) is 18.3 Å². The van der Waals surface area contributed by atoms with E-state index < -0.39 is 0 Å². The van der Waals surface area contributed by atoms with E-state index in [2.05, 4.69) is 9.98 Å². The average Bonchev–Trinajstić information content (AvgIpc) is 3.04. The third-order valence-corrected chi connectivity index (χ3v) is 5.26. The van der Waals surface area contributed by atoms with Gasteiger partial charge in [0.05, 0.1) is 22.7 Å². The number of ether oxygens (including phenoxy) is 2. The highest BCUT2D eigenvalue weighted by molar-refractivity contribution is 7.15. The van der Waals surface area contributed by atoms with Crippen LogP contribution < -0.4 is 9.47 Å². The fourth-order valence-corrected chi connectivity index (χ4v) is 3.81. The molecule has 0 atom stereocenters. The lowest BCUT2D eigenvalue weighted by Gasteiger charge is -2.16. The molecule has 0 aliphatic carbocycles. The van der Waals surface area contributed by atoms with Crippen molar-refractivity contribution in [1.82, 2.24) is 4.98 Å². The lowest BCUT2D eigenvalue weighted by molar-refractivity contribution is 0.303. The van der Waals surface area contributed by atoms with Crippen LogP contribution in [-0.2, 0) is 6.61 Å². The molecule has 1 aliphatic heterocycles. The number of methoxy groups -OCH3 is 1. The van der Waals surface area contributed by atoms with Crippen molar-refractivity contribution in [3.8, 4) is 22.8 Å². The molecule has 25 heavy (non-hydrogen) atoms. The monoisotopic (exact) mass is 390 g/mol. The molecule has 1 aromatic heterocycles. The first-order chi connectivity index (χ1) is 12.1. The minimum Gasteiger partial charge on any atom is -0.497 e. The third-order valence-electron chi connectivity index (χ3n) is 3.77. The van der Waals surface area contributed by atoms with Gasteiger partial charge in [-0.25, -0.2) is 9.98 Å². The lowest BCUT2D eigenvalue weighted by atomic mass is 10.1. The lowest BCUT2D eigenvalue weighted by Crippen LogP contribution is -2.03. The van der Waals surface area contributed by atoms with Crippen LogP contribution in [0.5, 0.6) is 11.5 Å². The second kappa shape index (κ2) is 6.67. The van der Waals surface area contributed by atoms with Gasteiger partial charge in [0, 0.05) is 28.4 Å². The fourth-order valence-electron chi connectivity index (χ4n) is 2.52. The smallest absolute Gasteiger partial charge is 0.210 e. The van der Waals surface area contributed by atoms with E-state index in [1.807, 2.05) is 24.3 Å². The van der Waals surface area contributed by atoms with Crippen LogP contribution in [0.4, 0.5) is 5.13 Å². The summed E-state index contributed by atoms with van der Waals surface area (Å²) in [6.07, 6.45) is 1.69. The molecule has 4 nitrogen and oxygen atoms in total. The van der Waals surface area contributed by atoms with Gasteiger partial charge in [-0.15, -0.1) is 0 Å². The van der Waals surface area contributed by atoms with Gasteiger partial charge in [-0.3, -0.25) is 0 Å². The van der Waals surface area contributed by atoms with E-state index in [0.29, 0.717) is 21.8 Å². The number of fused-ring (bicyclic) bond motifs is 3. The second-order valence-electron chi connectivity index (χ2n) is 5.34. The van der Waals surface area contributed by atoms with Gasteiger partial charge >= 0.3 is 0 Å². The van der Waals surface area contributed by atoms with Gasteiger partial charge in [-0.1, -0.05) is 40.6 Å². The van der Waals surface area contributed by atoms with Crippen LogP contribution in [0.15, 0.2) is 41.4 Å². The number of thiazole rings is 1. The molecule has 0 radical (unpaired) electrons. The summed E-state index contributed by atoms with van der Waals surface area (Å²) in [5.41, 5.74) is 2.65. The number of hydrogen-bond acceptors (Lipinski definition) is 5. The summed E-state index contributed by atoms with van der Waals surface area (Å²) in [5.74, 6) is 1.53. The highest BCUT2D eigenvalue weighted by Crippen LogP contribution is 2.43. The standard InChI is InChI=1S/C18H12Cl2N2O2S/c1-23-12-4-5-13-15(7-12)24-9-16-17(13)22-18(25-16)21-8-10-2-3-11(19)6-14(10)20/h2-8H,9H2,1H3. The molecule has 1 aliphatic rings. The minimum atomic E-state index is 0.477. The first-order valence-corrected chi connectivity index (χ1v) is 9.01. The molecule has 2 heterocycles. The Bertz CT molecular complexity index is 985. The Balaban J connectivity index is 1.66. The molecule has 126 valence electrons. The zero-order valence-corrected chi connectivity index (χ0v) is 15.5. The van der Waals surface area contributed by atoms with Crippen LogP contribution >= 0.6 is 34.5 Å². The average molecular weight is 391 g/mol. The van der Waals surface area contributed by atoms with Crippen molar-refractivity contribution in [3.63, 3.8) is 0 Å². The van der Waals surface area contributed by atoms with Gasteiger partial charge in [-0.2, -0.15) is 0 Å². The first kappa shape index (κ1) is 16.4. The summed E-state index contributed by atoms with van der Waals surface area (Å²) in [6.45, 7) is 0.477. The van der Waals surface area contributed by atoms with Gasteiger partial charge in [-0.05, 0) is 24.3 Å². The van der Waals surface area contributed by atoms with Crippen molar-refractivity contribution in [2.45, 2.75) is 6.61 Å². The van der Waals surface area contributed by atoms with Crippen molar-refractivity contribution >= 4 is 45.9 Å². The predicted octanol–water partition coefficient (Wildman–Crippen LogP) is 5.77. The Hall–Kier alpha value is -2.08. The quantitative estimate of drug-likeness (QED) is 0.533. The van der Waals surface area contributed by atoms with Crippen molar-refractivity contribution in [2.75, 3.05) is 7.11 Å². The molecule has 0 saturated heterocycles. The van der Waals surface area contributed by atoms with Crippen LogP contribution in [0, 0.1) is 0 Å².